The van der Waals surface area contributed by atoms with E-state index in [0.717, 1.165) is 76.0 Å². The van der Waals surface area contributed by atoms with Crippen molar-refractivity contribution in [1.82, 2.24) is 20.4 Å². The van der Waals surface area contributed by atoms with Gasteiger partial charge in [-0.1, -0.05) is 30.8 Å². The van der Waals surface area contributed by atoms with E-state index in [0.29, 0.717) is 18.1 Å². The van der Waals surface area contributed by atoms with Crippen molar-refractivity contribution in [1.29, 1.82) is 0 Å². The van der Waals surface area contributed by atoms with Gasteiger partial charge in [0, 0.05) is 57.3 Å². The fourth-order valence-corrected chi connectivity index (χ4v) is 5.20. The first kappa shape index (κ1) is 25.2. The van der Waals surface area contributed by atoms with Crippen LogP contribution in [0.2, 0.25) is 0 Å². The van der Waals surface area contributed by atoms with Crippen LogP contribution in [0.3, 0.4) is 0 Å². The number of hydrogen-bond donors (Lipinski definition) is 2. The highest BCUT2D eigenvalue weighted by Crippen LogP contribution is 2.34. The van der Waals surface area contributed by atoms with Crippen LogP contribution >= 0.6 is 0 Å². The average molecular weight is 483 g/mol. The van der Waals surface area contributed by atoms with Gasteiger partial charge in [-0.2, -0.15) is 4.98 Å². The number of carbonyl (C=O) groups is 2. The highest BCUT2D eigenvalue weighted by molar-refractivity contribution is 5.91. The molecule has 1 aliphatic heterocycles. The van der Waals surface area contributed by atoms with Crippen LogP contribution in [-0.2, 0) is 21.5 Å². The Morgan fingerprint density at radius 2 is 1.80 bits per heavy atom. The predicted octanol–water partition coefficient (Wildman–Crippen LogP) is 3.39. The molecule has 2 amide bonds. The van der Waals surface area contributed by atoms with E-state index >= 15 is 0 Å². The summed E-state index contributed by atoms with van der Waals surface area (Å²) in [6.45, 7) is 7.75. The van der Waals surface area contributed by atoms with E-state index in [1.54, 1.807) is 0 Å². The van der Waals surface area contributed by atoms with Crippen molar-refractivity contribution in [2.45, 2.75) is 70.8 Å². The maximum Gasteiger partial charge on any atom is 0.227 e. The van der Waals surface area contributed by atoms with Gasteiger partial charge in [-0.15, -0.1) is 0 Å². The molecule has 1 saturated heterocycles. The zero-order valence-electron chi connectivity index (χ0n) is 21.2. The maximum atomic E-state index is 12.6. The lowest BCUT2D eigenvalue weighted by Gasteiger charge is -2.35. The van der Waals surface area contributed by atoms with Gasteiger partial charge in [0.05, 0.1) is 0 Å². The molecule has 0 unspecified atom stereocenters. The molecule has 1 aromatic heterocycles. The first-order chi connectivity index (χ1) is 16.8. The highest BCUT2D eigenvalue weighted by Gasteiger charge is 2.38. The summed E-state index contributed by atoms with van der Waals surface area (Å²) in [5, 5.41) is 10.3. The molecule has 0 bridgehead atoms. The maximum absolute atomic E-state index is 12.6. The third-order valence-corrected chi connectivity index (χ3v) is 7.16. The van der Waals surface area contributed by atoms with E-state index in [1.165, 1.54) is 12.6 Å². The molecule has 2 fully saturated rings. The summed E-state index contributed by atoms with van der Waals surface area (Å²) in [5.41, 5.74) is 2.59. The number of anilines is 2. The number of carbonyl (C=O) groups excluding carboxylic acids is 2. The Balaban J connectivity index is 1.33. The summed E-state index contributed by atoms with van der Waals surface area (Å²) in [4.78, 5) is 33.8. The first-order valence-corrected chi connectivity index (χ1v) is 12.8. The van der Waals surface area contributed by atoms with Gasteiger partial charge in [-0.3, -0.25) is 9.59 Å². The normalized spacial score (nSPS) is 18.7. The number of aromatic nitrogens is 2. The van der Waals surface area contributed by atoms with Crippen molar-refractivity contribution in [2.75, 3.05) is 43.4 Å². The molecule has 0 atom stereocenters. The van der Waals surface area contributed by atoms with E-state index in [-0.39, 0.29) is 18.2 Å². The molecular formula is C26H38N6O3. The lowest BCUT2D eigenvalue weighted by atomic mass is 9.89. The number of nitrogens with one attached hydrogen (secondary N) is 2. The van der Waals surface area contributed by atoms with Gasteiger partial charge in [0.15, 0.2) is 5.82 Å². The molecule has 0 spiro atoms. The zero-order chi connectivity index (χ0) is 24.8. The molecule has 2 N–H and O–H groups in total. The molecule has 190 valence electrons. The fraction of sp³-hybridized carbons (Fsp3) is 0.615. The Bertz CT molecular complexity index is 1020. The van der Waals surface area contributed by atoms with Gasteiger partial charge < -0.3 is 25.0 Å². The minimum atomic E-state index is -0.574. The van der Waals surface area contributed by atoms with Crippen LogP contribution in [0.4, 0.5) is 11.4 Å². The number of piperazine rings is 1. The largest absolute Gasteiger partial charge is 0.369 e. The highest BCUT2D eigenvalue weighted by atomic mass is 16.5. The van der Waals surface area contributed by atoms with Crippen molar-refractivity contribution < 1.29 is 14.1 Å². The zero-order valence-corrected chi connectivity index (χ0v) is 21.2. The molecule has 9 heteroatoms. The van der Waals surface area contributed by atoms with Gasteiger partial charge in [-0.05, 0) is 50.6 Å². The predicted molar refractivity (Wildman–Crippen MR) is 135 cm³/mol. The minimum Gasteiger partial charge on any atom is -0.369 e. The van der Waals surface area contributed by atoms with Gasteiger partial charge in [0.2, 0.25) is 17.7 Å². The SMILES string of the molecule is CC(=O)NC1(c2noc(CCC(=O)Nc3ccc(N4CCN(C)CC4)c(C)c3)n2)CCCCCC1. The molecule has 9 nitrogen and oxygen atoms in total. The summed E-state index contributed by atoms with van der Waals surface area (Å²) in [5.74, 6) is 0.764. The summed E-state index contributed by atoms with van der Waals surface area (Å²) in [6, 6.07) is 6.08. The number of aryl methyl sites for hydroxylation is 2. The van der Waals surface area contributed by atoms with Gasteiger partial charge in [0.25, 0.3) is 0 Å². The summed E-state index contributed by atoms with van der Waals surface area (Å²) in [7, 11) is 2.15. The topological polar surface area (TPSA) is 104 Å². The van der Waals surface area contributed by atoms with Crippen LogP contribution in [0.25, 0.3) is 0 Å². The molecule has 4 rings (SSSR count). The lowest BCUT2D eigenvalue weighted by molar-refractivity contribution is -0.121. The Labute approximate surface area is 207 Å². The van der Waals surface area contributed by atoms with E-state index in [1.807, 2.05) is 12.1 Å². The lowest BCUT2D eigenvalue weighted by Crippen LogP contribution is -2.45. The second kappa shape index (κ2) is 11.2. The molecule has 1 aliphatic carbocycles. The van der Waals surface area contributed by atoms with Crippen LogP contribution in [0.5, 0.6) is 0 Å². The summed E-state index contributed by atoms with van der Waals surface area (Å²) in [6.07, 6.45) is 6.51. The monoisotopic (exact) mass is 482 g/mol. The minimum absolute atomic E-state index is 0.0911. The number of nitrogens with zero attached hydrogens (tertiary/aromatic N) is 4. The summed E-state index contributed by atoms with van der Waals surface area (Å²) >= 11 is 0. The molecule has 35 heavy (non-hydrogen) atoms. The third kappa shape index (κ3) is 6.39. The average Bonchev–Trinajstić information content (AvgIpc) is 3.18. The molecule has 2 aromatic rings. The fourth-order valence-electron chi connectivity index (χ4n) is 5.20. The Hall–Kier alpha value is -2.94. The number of hydrogen-bond acceptors (Lipinski definition) is 7. The van der Waals surface area contributed by atoms with Crippen LogP contribution < -0.4 is 15.5 Å². The van der Waals surface area contributed by atoms with Crippen LogP contribution in [-0.4, -0.2) is 60.1 Å². The van der Waals surface area contributed by atoms with Crippen LogP contribution in [0.15, 0.2) is 22.7 Å². The van der Waals surface area contributed by atoms with Gasteiger partial charge >= 0.3 is 0 Å². The number of likely N-dealkylation sites (N-methyl/N-ethyl adjacent to an activating group) is 1. The molecule has 1 aromatic carbocycles. The van der Waals surface area contributed by atoms with E-state index < -0.39 is 5.54 Å². The quantitative estimate of drug-likeness (QED) is 0.583. The molecule has 0 radical (unpaired) electrons. The second-order valence-corrected chi connectivity index (χ2v) is 10.0. The van der Waals surface area contributed by atoms with E-state index in [9.17, 15) is 9.59 Å². The van der Waals surface area contributed by atoms with Crippen molar-refractivity contribution in [3.8, 4) is 0 Å². The standard InChI is InChI=1S/C26H38N6O3/c1-19-18-21(8-9-22(19)32-16-14-31(3)15-17-32)27-23(34)10-11-24-28-25(30-35-24)26(29-20(2)33)12-6-4-5-7-13-26/h8-9,18H,4-7,10-17H2,1-3H3,(H,27,34)(H,29,33). The Kier molecular flexibility index (Phi) is 8.05. The van der Waals surface area contributed by atoms with Gasteiger partial charge in [-0.25, -0.2) is 0 Å². The van der Waals surface area contributed by atoms with E-state index in [2.05, 4.69) is 50.6 Å². The van der Waals surface area contributed by atoms with Crippen molar-refractivity contribution in [2.24, 2.45) is 0 Å². The number of amides is 2. The van der Waals surface area contributed by atoms with Crippen LogP contribution in [0.1, 0.15) is 69.1 Å². The number of rotatable bonds is 7. The van der Waals surface area contributed by atoms with Crippen molar-refractivity contribution in [3.05, 3.63) is 35.5 Å². The molecule has 1 saturated carbocycles. The first-order valence-electron chi connectivity index (χ1n) is 12.8. The molecular weight excluding hydrogens is 444 g/mol. The Morgan fingerprint density at radius 3 is 2.46 bits per heavy atom. The Morgan fingerprint density at radius 1 is 1.09 bits per heavy atom. The third-order valence-electron chi connectivity index (χ3n) is 7.16. The summed E-state index contributed by atoms with van der Waals surface area (Å²) < 4.78 is 5.47. The van der Waals surface area contributed by atoms with Gasteiger partial charge in [0.1, 0.15) is 5.54 Å². The second-order valence-electron chi connectivity index (χ2n) is 10.0. The molecule has 2 aliphatic rings. The number of benzene rings is 1. The molecule has 2 heterocycles. The van der Waals surface area contributed by atoms with Crippen LogP contribution in [0, 0.1) is 6.92 Å². The smallest absolute Gasteiger partial charge is 0.227 e. The van der Waals surface area contributed by atoms with Crippen molar-refractivity contribution >= 4 is 23.2 Å². The van der Waals surface area contributed by atoms with Crippen molar-refractivity contribution in [3.63, 3.8) is 0 Å². The van der Waals surface area contributed by atoms with E-state index in [4.69, 9.17) is 4.52 Å².